The zero-order valence-corrected chi connectivity index (χ0v) is 24.7. The maximum absolute atomic E-state index is 12.9. The average Bonchev–Trinajstić information content (AvgIpc) is 2.74. The quantitative estimate of drug-likeness (QED) is 0.353. The molecule has 1 N–H and O–H groups in total. The van der Waals surface area contributed by atoms with Gasteiger partial charge in [-0.1, -0.05) is 64.4 Å². The van der Waals surface area contributed by atoms with Gasteiger partial charge < -0.3 is 9.90 Å². The molecular weight excluding hydrogens is 500 g/mol. The molecule has 0 aromatic heterocycles. The van der Waals surface area contributed by atoms with Crippen LogP contribution in [0.25, 0.3) is 0 Å². The Morgan fingerprint density at radius 2 is 1.57 bits per heavy atom. The summed E-state index contributed by atoms with van der Waals surface area (Å²) >= 11 is 4.15. The Labute approximate surface area is 221 Å². The third-order valence-electron chi connectivity index (χ3n) is 13.4. The molecule has 3 nitrogen and oxygen atoms in total. The van der Waals surface area contributed by atoms with E-state index in [4.69, 9.17) is 0 Å². The molecule has 196 valence electrons. The molecular formula is C31H47BrO3. The highest BCUT2D eigenvalue weighted by atomic mass is 79.9. The van der Waals surface area contributed by atoms with Gasteiger partial charge in [-0.3, -0.25) is 4.79 Å². The maximum atomic E-state index is 12.9. The summed E-state index contributed by atoms with van der Waals surface area (Å²) in [6.45, 7) is 17.0. The molecule has 0 saturated heterocycles. The van der Waals surface area contributed by atoms with Crippen LogP contribution in [0, 0.1) is 56.2 Å². The molecule has 4 fully saturated rings. The summed E-state index contributed by atoms with van der Waals surface area (Å²) in [7, 11) is 0. The Balaban J connectivity index is 1.64. The van der Waals surface area contributed by atoms with Gasteiger partial charge in [-0.2, -0.15) is 0 Å². The van der Waals surface area contributed by atoms with Crippen molar-refractivity contribution in [3.63, 3.8) is 0 Å². The van der Waals surface area contributed by atoms with Crippen molar-refractivity contribution in [2.24, 2.45) is 56.2 Å². The van der Waals surface area contributed by atoms with Crippen LogP contribution >= 0.6 is 15.9 Å². The zero-order chi connectivity index (χ0) is 25.8. The molecule has 5 rings (SSSR count). The number of carbonyl (C=O) groups excluding carboxylic acids is 1. The number of carboxylic acid groups (broad SMARTS) is 1. The van der Waals surface area contributed by atoms with Crippen molar-refractivity contribution < 1.29 is 14.7 Å². The van der Waals surface area contributed by atoms with Crippen LogP contribution in [0.3, 0.4) is 0 Å². The van der Waals surface area contributed by atoms with Gasteiger partial charge in [0.15, 0.2) is 0 Å². The fourth-order valence-electron chi connectivity index (χ4n) is 10.9. The van der Waals surface area contributed by atoms with E-state index in [0.29, 0.717) is 11.8 Å². The number of aliphatic carboxylic acids is 1. The van der Waals surface area contributed by atoms with Crippen molar-refractivity contribution in [2.75, 3.05) is 0 Å². The van der Waals surface area contributed by atoms with Crippen LogP contribution in [0.15, 0.2) is 10.1 Å². The fourth-order valence-corrected chi connectivity index (χ4v) is 12.0. The second kappa shape index (κ2) is 7.70. The number of allylic oxidation sites excluding steroid dienone is 2. The number of fused-ring (bicyclic) bond motifs is 7. The summed E-state index contributed by atoms with van der Waals surface area (Å²) in [6.07, 6.45) is 11.3. The third-order valence-corrected chi connectivity index (χ3v) is 14.1. The van der Waals surface area contributed by atoms with Crippen LogP contribution in [0.2, 0.25) is 0 Å². The van der Waals surface area contributed by atoms with Crippen LogP contribution in [-0.4, -0.2) is 17.4 Å². The molecule has 0 amide bonds. The monoisotopic (exact) mass is 546 g/mol. The lowest BCUT2D eigenvalue weighted by molar-refractivity contribution is -0.195. The number of halogens is 1. The van der Waals surface area contributed by atoms with Gasteiger partial charge in [-0.25, -0.2) is 0 Å². The Hall–Kier alpha value is -0.640. The Morgan fingerprint density at radius 1 is 0.914 bits per heavy atom. The highest BCUT2D eigenvalue weighted by Crippen LogP contribution is 2.77. The molecule has 0 radical (unpaired) electrons. The first-order valence-corrected chi connectivity index (χ1v) is 15.0. The van der Waals surface area contributed by atoms with E-state index in [1.54, 1.807) is 0 Å². The van der Waals surface area contributed by atoms with Gasteiger partial charge in [-0.15, -0.1) is 0 Å². The summed E-state index contributed by atoms with van der Waals surface area (Å²) in [5, 5.41) is 10.6. The first-order valence-electron chi connectivity index (χ1n) is 14.2. The second-order valence-corrected chi connectivity index (χ2v) is 16.4. The van der Waals surface area contributed by atoms with Crippen LogP contribution in [0.5, 0.6) is 0 Å². The van der Waals surface area contributed by atoms with Gasteiger partial charge in [0.05, 0.1) is 5.41 Å². The van der Waals surface area contributed by atoms with Gasteiger partial charge in [0.1, 0.15) is 6.29 Å². The van der Waals surface area contributed by atoms with E-state index in [-0.39, 0.29) is 38.9 Å². The largest absolute Gasteiger partial charge is 0.481 e. The van der Waals surface area contributed by atoms with Gasteiger partial charge >= 0.3 is 5.97 Å². The molecule has 0 bridgehead atoms. The van der Waals surface area contributed by atoms with Gasteiger partial charge in [-0.05, 0) is 119 Å². The SMILES string of the molecule is CC1(C)CC[C@]2(C(=O)O)CC[C@]3(C)C(=C(Br)CC4[C@@]5(C)CC[C@H](C=O)C(C)(C)C5CC[C@]43C)C2C1. The Morgan fingerprint density at radius 3 is 2.20 bits per heavy atom. The van der Waals surface area contributed by atoms with Crippen LogP contribution in [0.4, 0.5) is 0 Å². The van der Waals surface area contributed by atoms with Crippen molar-refractivity contribution >= 4 is 28.2 Å². The molecule has 4 heteroatoms. The summed E-state index contributed by atoms with van der Waals surface area (Å²) in [5.41, 5.74) is 1.47. The van der Waals surface area contributed by atoms with E-state index in [0.717, 1.165) is 51.4 Å². The minimum absolute atomic E-state index is 0.0193. The zero-order valence-electron chi connectivity index (χ0n) is 23.1. The average molecular weight is 548 g/mol. The molecule has 5 aliphatic rings. The third kappa shape index (κ3) is 3.19. The summed E-state index contributed by atoms with van der Waals surface area (Å²) in [5.74, 6) is 0.830. The topological polar surface area (TPSA) is 54.4 Å². The molecule has 0 aromatic rings. The molecule has 0 spiro atoms. The predicted molar refractivity (Wildman–Crippen MR) is 144 cm³/mol. The number of hydrogen-bond donors (Lipinski definition) is 1. The lowest BCUT2D eigenvalue weighted by atomic mass is 9.33. The van der Waals surface area contributed by atoms with Crippen molar-refractivity contribution in [1.29, 1.82) is 0 Å². The van der Waals surface area contributed by atoms with Crippen molar-refractivity contribution in [3.8, 4) is 0 Å². The van der Waals surface area contributed by atoms with Crippen molar-refractivity contribution in [3.05, 3.63) is 10.1 Å². The summed E-state index contributed by atoms with van der Waals surface area (Å²) in [4.78, 5) is 24.9. The molecule has 8 atom stereocenters. The second-order valence-electron chi connectivity index (χ2n) is 15.4. The summed E-state index contributed by atoms with van der Waals surface area (Å²) < 4.78 is 1.33. The minimum atomic E-state index is -0.600. The molecule has 3 unspecified atom stereocenters. The first kappa shape index (κ1) is 26.0. The molecule has 4 saturated carbocycles. The maximum Gasteiger partial charge on any atom is 0.310 e. The highest BCUT2D eigenvalue weighted by molar-refractivity contribution is 9.11. The van der Waals surface area contributed by atoms with Crippen molar-refractivity contribution in [1.82, 2.24) is 0 Å². The lowest BCUT2D eigenvalue weighted by Crippen LogP contribution is -2.65. The van der Waals surface area contributed by atoms with E-state index < -0.39 is 11.4 Å². The smallest absolute Gasteiger partial charge is 0.310 e. The van der Waals surface area contributed by atoms with Crippen LogP contribution < -0.4 is 0 Å². The minimum Gasteiger partial charge on any atom is -0.481 e. The number of rotatable bonds is 2. The van der Waals surface area contributed by atoms with E-state index in [1.807, 2.05) is 0 Å². The fraction of sp³-hybridized carbons (Fsp3) is 0.871. The van der Waals surface area contributed by atoms with Crippen LogP contribution in [0.1, 0.15) is 113 Å². The molecule has 0 aromatic carbocycles. The van der Waals surface area contributed by atoms with Gasteiger partial charge in [0.2, 0.25) is 0 Å². The van der Waals surface area contributed by atoms with Gasteiger partial charge in [0, 0.05) is 5.92 Å². The lowest BCUT2D eigenvalue weighted by Gasteiger charge is -2.71. The molecule has 35 heavy (non-hydrogen) atoms. The van der Waals surface area contributed by atoms with E-state index >= 15 is 0 Å². The predicted octanol–water partition coefficient (Wildman–Crippen LogP) is 8.41. The van der Waals surface area contributed by atoms with E-state index in [2.05, 4.69) is 64.4 Å². The first-order chi connectivity index (χ1) is 16.1. The molecule has 0 heterocycles. The van der Waals surface area contributed by atoms with E-state index in [1.165, 1.54) is 29.2 Å². The Bertz CT molecular complexity index is 980. The highest BCUT2D eigenvalue weighted by Gasteiger charge is 2.70. The van der Waals surface area contributed by atoms with E-state index in [9.17, 15) is 14.7 Å². The number of carboxylic acids is 1. The Kier molecular flexibility index (Phi) is 5.72. The summed E-state index contributed by atoms with van der Waals surface area (Å²) in [6, 6.07) is 0. The number of hydrogen-bond acceptors (Lipinski definition) is 2. The van der Waals surface area contributed by atoms with Gasteiger partial charge in [0.25, 0.3) is 0 Å². The van der Waals surface area contributed by atoms with Crippen LogP contribution in [-0.2, 0) is 9.59 Å². The van der Waals surface area contributed by atoms with Crippen molar-refractivity contribution in [2.45, 2.75) is 113 Å². The molecule has 5 aliphatic carbocycles. The number of carbonyl (C=O) groups is 2. The number of aldehydes is 1. The standard InChI is InChI=1S/C31H47BrO3/c1-26(2)12-14-31(25(34)35)15-13-30(7)24(20(31)17-26)21(32)16-23-28(5)10-8-19(18-33)27(3,4)22(28)9-11-29(23,30)6/h18-20,22-23H,8-17H2,1-7H3,(H,34,35)/t19-,20?,22?,23?,28+,29-,30-,31+/m1/s1. The molecule has 0 aliphatic heterocycles. The normalized spacial score (nSPS) is 50.3.